The monoisotopic (exact) mass is 308 g/mol. The first-order valence-corrected chi connectivity index (χ1v) is 5.86. The summed E-state index contributed by atoms with van der Waals surface area (Å²) in [5, 5.41) is 8.96. The predicted molar refractivity (Wildman–Crippen MR) is 67.5 cm³/mol. The van der Waals surface area contributed by atoms with Crippen molar-refractivity contribution in [3.63, 3.8) is 0 Å². The van der Waals surface area contributed by atoms with Crippen molar-refractivity contribution in [3.05, 3.63) is 52.5 Å². The third-order valence-electron chi connectivity index (χ3n) is 2.21. The number of hydrogen-bond donors (Lipinski definition) is 1. The lowest BCUT2D eigenvalue weighted by molar-refractivity contribution is 0.0692. The molecule has 0 fully saturated rings. The molecule has 1 heterocycles. The molecule has 0 spiro atoms. The van der Waals surface area contributed by atoms with Gasteiger partial charge in [0.15, 0.2) is 0 Å². The maximum Gasteiger partial charge on any atom is 0.339 e. The van der Waals surface area contributed by atoms with Crippen molar-refractivity contribution >= 4 is 21.9 Å². The maximum atomic E-state index is 10.9. The summed E-state index contributed by atoms with van der Waals surface area (Å²) in [7, 11) is 0. The van der Waals surface area contributed by atoms with Crippen LogP contribution in [0.15, 0.2) is 41.3 Å². The Morgan fingerprint density at radius 1 is 1.33 bits per heavy atom. The van der Waals surface area contributed by atoms with E-state index in [1.807, 2.05) is 12.1 Å². The van der Waals surface area contributed by atoms with Gasteiger partial charge in [0.25, 0.3) is 0 Å². The molecule has 0 atom stereocenters. The molecule has 0 bridgehead atoms. The van der Waals surface area contributed by atoms with E-state index in [-0.39, 0.29) is 12.2 Å². The average molecular weight is 309 g/mol. The van der Waals surface area contributed by atoms with Crippen LogP contribution in [0, 0.1) is 0 Å². The van der Waals surface area contributed by atoms with Gasteiger partial charge >= 0.3 is 5.97 Å². The van der Waals surface area contributed by atoms with Crippen LogP contribution in [-0.4, -0.2) is 21.0 Å². The summed E-state index contributed by atoms with van der Waals surface area (Å²) >= 11 is 3.32. The fourth-order valence-corrected chi connectivity index (χ4v) is 1.60. The SMILES string of the molecule is O=C(O)c1cncnc1COc1ccc(Br)cc1. The van der Waals surface area contributed by atoms with Crippen molar-refractivity contribution < 1.29 is 14.6 Å². The summed E-state index contributed by atoms with van der Waals surface area (Å²) in [4.78, 5) is 18.5. The van der Waals surface area contributed by atoms with E-state index in [0.29, 0.717) is 11.4 Å². The second kappa shape index (κ2) is 5.59. The lowest BCUT2D eigenvalue weighted by Crippen LogP contribution is -2.08. The lowest BCUT2D eigenvalue weighted by Gasteiger charge is -2.07. The zero-order valence-corrected chi connectivity index (χ0v) is 10.8. The fourth-order valence-electron chi connectivity index (χ4n) is 1.33. The number of rotatable bonds is 4. The molecule has 0 saturated carbocycles. The van der Waals surface area contributed by atoms with Gasteiger partial charge in [0, 0.05) is 10.7 Å². The van der Waals surface area contributed by atoms with Crippen molar-refractivity contribution in [1.29, 1.82) is 0 Å². The molecule has 0 radical (unpaired) electrons. The summed E-state index contributed by atoms with van der Waals surface area (Å²) in [5.41, 5.74) is 0.398. The number of halogens is 1. The van der Waals surface area contributed by atoms with E-state index in [1.54, 1.807) is 12.1 Å². The molecule has 0 unspecified atom stereocenters. The highest BCUT2D eigenvalue weighted by Crippen LogP contribution is 2.17. The standard InChI is InChI=1S/C12H9BrN2O3/c13-8-1-3-9(4-2-8)18-6-11-10(12(16)17)5-14-7-15-11/h1-5,7H,6H2,(H,16,17). The molecule has 0 aliphatic heterocycles. The Bertz CT molecular complexity index is 558. The van der Waals surface area contributed by atoms with Crippen LogP contribution in [0.2, 0.25) is 0 Å². The number of hydrogen-bond acceptors (Lipinski definition) is 4. The number of carboxylic acid groups (broad SMARTS) is 1. The van der Waals surface area contributed by atoms with Gasteiger partial charge in [-0.15, -0.1) is 0 Å². The minimum absolute atomic E-state index is 0.0506. The van der Waals surface area contributed by atoms with Crippen LogP contribution in [0.3, 0.4) is 0 Å². The van der Waals surface area contributed by atoms with Gasteiger partial charge in [-0.1, -0.05) is 15.9 Å². The molecule has 1 aromatic heterocycles. The molecule has 6 heteroatoms. The quantitative estimate of drug-likeness (QED) is 0.939. The molecule has 2 aromatic rings. The fraction of sp³-hybridized carbons (Fsp3) is 0.0833. The highest BCUT2D eigenvalue weighted by molar-refractivity contribution is 9.10. The number of nitrogens with zero attached hydrogens (tertiary/aromatic N) is 2. The third-order valence-corrected chi connectivity index (χ3v) is 2.74. The first-order valence-electron chi connectivity index (χ1n) is 5.07. The van der Waals surface area contributed by atoms with Crippen LogP contribution < -0.4 is 4.74 Å². The van der Waals surface area contributed by atoms with Crippen molar-refractivity contribution in [2.75, 3.05) is 0 Å². The second-order valence-corrected chi connectivity index (χ2v) is 4.35. The molecular weight excluding hydrogens is 300 g/mol. The number of ether oxygens (including phenoxy) is 1. The second-order valence-electron chi connectivity index (χ2n) is 3.43. The van der Waals surface area contributed by atoms with Crippen LogP contribution in [-0.2, 0) is 6.61 Å². The lowest BCUT2D eigenvalue weighted by atomic mass is 10.2. The van der Waals surface area contributed by atoms with Crippen LogP contribution in [0.1, 0.15) is 16.1 Å². The molecule has 5 nitrogen and oxygen atoms in total. The molecular formula is C12H9BrN2O3. The smallest absolute Gasteiger partial charge is 0.339 e. The largest absolute Gasteiger partial charge is 0.487 e. The molecule has 18 heavy (non-hydrogen) atoms. The van der Waals surface area contributed by atoms with Crippen molar-refractivity contribution in [2.24, 2.45) is 0 Å². The topological polar surface area (TPSA) is 72.3 Å². The Labute approximate surface area is 112 Å². The molecule has 92 valence electrons. The Kier molecular flexibility index (Phi) is 3.88. The zero-order valence-electron chi connectivity index (χ0n) is 9.21. The highest BCUT2D eigenvalue weighted by atomic mass is 79.9. The van der Waals surface area contributed by atoms with E-state index in [2.05, 4.69) is 25.9 Å². The molecule has 1 N–H and O–H groups in total. The summed E-state index contributed by atoms with van der Waals surface area (Å²) in [5.74, 6) is -0.418. The molecule has 0 aliphatic carbocycles. The Morgan fingerprint density at radius 3 is 2.72 bits per heavy atom. The minimum Gasteiger partial charge on any atom is -0.487 e. The van der Waals surface area contributed by atoms with Gasteiger partial charge in [-0.3, -0.25) is 0 Å². The van der Waals surface area contributed by atoms with Gasteiger partial charge in [0.1, 0.15) is 24.2 Å². The number of carboxylic acids is 1. The zero-order chi connectivity index (χ0) is 13.0. The van der Waals surface area contributed by atoms with Gasteiger partial charge in [-0.25, -0.2) is 14.8 Å². The minimum atomic E-state index is -1.06. The van der Waals surface area contributed by atoms with E-state index in [0.717, 1.165) is 4.47 Å². The Balaban J connectivity index is 2.10. The van der Waals surface area contributed by atoms with Gasteiger partial charge in [0.2, 0.25) is 0 Å². The normalized spacial score (nSPS) is 10.1. The van der Waals surface area contributed by atoms with Gasteiger partial charge < -0.3 is 9.84 Å². The summed E-state index contributed by atoms with van der Waals surface area (Å²) in [6.07, 6.45) is 2.56. The van der Waals surface area contributed by atoms with Gasteiger partial charge in [-0.05, 0) is 24.3 Å². The molecule has 0 amide bonds. The first kappa shape index (κ1) is 12.5. The van der Waals surface area contributed by atoms with Crippen molar-refractivity contribution in [1.82, 2.24) is 9.97 Å². The van der Waals surface area contributed by atoms with Crippen molar-refractivity contribution in [2.45, 2.75) is 6.61 Å². The van der Waals surface area contributed by atoms with Crippen molar-refractivity contribution in [3.8, 4) is 5.75 Å². The molecule has 1 aromatic carbocycles. The van der Waals surface area contributed by atoms with Gasteiger partial charge in [0.05, 0.1) is 5.69 Å². The van der Waals surface area contributed by atoms with E-state index >= 15 is 0 Å². The van der Waals surface area contributed by atoms with E-state index in [4.69, 9.17) is 9.84 Å². The number of aromatic carboxylic acids is 1. The Morgan fingerprint density at radius 2 is 2.06 bits per heavy atom. The predicted octanol–water partition coefficient (Wildman–Crippen LogP) is 2.52. The summed E-state index contributed by atoms with van der Waals surface area (Å²) in [6, 6.07) is 7.25. The van der Waals surface area contributed by atoms with Crippen LogP contribution >= 0.6 is 15.9 Å². The summed E-state index contributed by atoms with van der Waals surface area (Å²) < 4.78 is 6.41. The molecule has 0 saturated heterocycles. The first-order chi connectivity index (χ1) is 8.66. The Hall–Kier alpha value is -1.95. The summed E-state index contributed by atoms with van der Waals surface area (Å²) in [6.45, 7) is 0.0891. The number of carbonyl (C=O) groups is 1. The van der Waals surface area contributed by atoms with E-state index in [9.17, 15) is 4.79 Å². The van der Waals surface area contributed by atoms with E-state index < -0.39 is 5.97 Å². The number of aromatic nitrogens is 2. The van der Waals surface area contributed by atoms with Crippen LogP contribution in [0.4, 0.5) is 0 Å². The molecule has 2 rings (SSSR count). The van der Waals surface area contributed by atoms with Crippen LogP contribution in [0.25, 0.3) is 0 Å². The highest BCUT2D eigenvalue weighted by Gasteiger charge is 2.11. The average Bonchev–Trinajstić information content (AvgIpc) is 2.38. The van der Waals surface area contributed by atoms with Crippen LogP contribution in [0.5, 0.6) is 5.75 Å². The maximum absolute atomic E-state index is 10.9. The third kappa shape index (κ3) is 3.04. The van der Waals surface area contributed by atoms with E-state index in [1.165, 1.54) is 12.5 Å². The molecule has 0 aliphatic rings. The van der Waals surface area contributed by atoms with Gasteiger partial charge in [-0.2, -0.15) is 0 Å². The number of benzene rings is 1.